The van der Waals surface area contributed by atoms with Crippen LogP contribution in [0.4, 0.5) is 0 Å². The molecule has 0 aliphatic rings. The fourth-order valence-corrected chi connectivity index (χ4v) is 9.81. The number of amides is 1. The van der Waals surface area contributed by atoms with Crippen LogP contribution in [0.2, 0.25) is 0 Å². The highest BCUT2D eigenvalue weighted by Gasteiger charge is 2.27. The fraction of sp³-hybridized carbons (Fsp3) is 0.791. The number of ether oxygens (including phenoxy) is 1. The summed E-state index contributed by atoms with van der Waals surface area (Å²) >= 11 is 0. The van der Waals surface area contributed by atoms with E-state index in [-0.39, 0.29) is 24.9 Å². The molecular weight excluding hydrogens is 976 g/mol. The molecule has 1 N–H and O–H groups in total. The van der Waals surface area contributed by atoms with Crippen molar-refractivity contribution >= 4 is 19.7 Å². The highest BCUT2D eigenvalue weighted by atomic mass is 31.2. The monoisotopic (exact) mass is 1100 g/mol. The van der Waals surface area contributed by atoms with Crippen LogP contribution in [0, 0.1) is 0 Å². The van der Waals surface area contributed by atoms with E-state index >= 15 is 0 Å². The van der Waals surface area contributed by atoms with Crippen molar-refractivity contribution in [1.82, 2.24) is 5.32 Å². The second-order valence-corrected chi connectivity index (χ2v) is 24.3. The van der Waals surface area contributed by atoms with Crippen molar-refractivity contribution in [3.8, 4) is 0 Å². The Morgan fingerprint density at radius 1 is 0.455 bits per heavy atom. The smallest absolute Gasteiger partial charge is 0.306 e. The normalized spacial score (nSPS) is 14.1. The number of unbranched alkanes of at least 4 members (excludes halogenated alkanes) is 32. The topological polar surface area (TPSA) is 114 Å². The largest absolute Gasteiger partial charge is 0.756 e. The van der Waals surface area contributed by atoms with Crippen LogP contribution in [-0.2, 0) is 27.9 Å². The van der Waals surface area contributed by atoms with Gasteiger partial charge in [-0.3, -0.25) is 14.2 Å². The molecule has 0 radical (unpaired) electrons. The summed E-state index contributed by atoms with van der Waals surface area (Å²) in [5.41, 5.74) is 0. The van der Waals surface area contributed by atoms with E-state index in [1.54, 1.807) is 0 Å². The van der Waals surface area contributed by atoms with Gasteiger partial charge in [0.05, 0.1) is 33.8 Å². The number of esters is 1. The minimum Gasteiger partial charge on any atom is -0.756 e. The quantitative estimate of drug-likeness (QED) is 0.0212. The number of rotatable bonds is 58. The predicted octanol–water partition coefficient (Wildman–Crippen LogP) is 19.4. The molecule has 3 unspecified atom stereocenters. The molecule has 0 aliphatic carbocycles. The molecular formula is C67H123N2O7P. The molecule has 0 aromatic heterocycles. The van der Waals surface area contributed by atoms with Crippen molar-refractivity contribution in [1.29, 1.82) is 0 Å². The van der Waals surface area contributed by atoms with Crippen LogP contribution >= 0.6 is 7.82 Å². The Morgan fingerprint density at radius 2 is 0.792 bits per heavy atom. The molecule has 1 amide bonds. The van der Waals surface area contributed by atoms with E-state index in [1.807, 2.05) is 33.3 Å². The summed E-state index contributed by atoms with van der Waals surface area (Å²) in [6, 6.07) is -0.903. The average Bonchev–Trinajstić information content (AvgIpc) is 3.39. The van der Waals surface area contributed by atoms with Gasteiger partial charge in [0.2, 0.25) is 5.91 Å². The van der Waals surface area contributed by atoms with Crippen molar-refractivity contribution in [3.05, 3.63) is 72.9 Å². The van der Waals surface area contributed by atoms with Gasteiger partial charge in [0.25, 0.3) is 7.82 Å². The summed E-state index contributed by atoms with van der Waals surface area (Å²) in [6.07, 6.45) is 72.9. The van der Waals surface area contributed by atoms with Crippen LogP contribution in [0.5, 0.6) is 0 Å². The number of nitrogens with one attached hydrogen (secondary N) is 1. The zero-order valence-corrected chi connectivity index (χ0v) is 52.0. The van der Waals surface area contributed by atoms with Gasteiger partial charge in [0.15, 0.2) is 0 Å². The van der Waals surface area contributed by atoms with Crippen molar-refractivity contribution in [2.45, 2.75) is 303 Å². The molecule has 448 valence electrons. The lowest BCUT2D eigenvalue weighted by atomic mass is 10.0. The third kappa shape index (κ3) is 57.9. The number of carbonyl (C=O) groups is 2. The molecule has 0 aliphatic heterocycles. The molecule has 0 fully saturated rings. The van der Waals surface area contributed by atoms with Gasteiger partial charge in [-0.2, -0.15) is 0 Å². The summed E-state index contributed by atoms with van der Waals surface area (Å²) in [6.45, 7) is 6.81. The Hall–Kier alpha value is -2.55. The zero-order valence-electron chi connectivity index (χ0n) is 51.2. The number of phosphoric ester groups is 1. The van der Waals surface area contributed by atoms with Crippen LogP contribution in [-0.4, -0.2) is 69.4 Å². The van der Waals surface area contributed by atoms with Crippen LogP contribution in [0.25, 0.3) is 0 Å². The number of likely N-dealkylation sites (N-methyl/N-ethyl adjacent to an activating group) is 1. The van der Waals surface area contributed by atoms with E-state index in [0.717, 1.165) is 103 Å². The van der Waals surface area contributed by atoms with Gasteiger partial charge in [-0.25, -0.2) is 0 Å². The Morgan fingerprint density at radius 3 is 1.22 bits per heavy atom. The summed E-state index contributed by atoms with van der Waals surface area (Å²) < 4.78 is 30.3. The molecule has 0 saturated carbocycles. The molecule has 0 saturated heterocycles. The van der Waals surface area contributed by atoms with Gasteiger partial charge in [-0.15, -0.1) is 0 Å². The summed E-state index contributed by atoms with van der Waals surface area (Å²) in [7, 11) is 1.17. The predicted molar refractivity (Wildman–Crippen MR) is 330 cm³/mol. The molecule has 0 aromatic rings. The number of phosphoric acid groups is 1. The summed E-state index contributed by atoms with van der Waals surface area (Å²) in [4.78, 5) is 40.0. The van der Waals surface area contributed by atoms with E-state index < -0.39 is 26.6 Å². The molecule has 0 spiro atoms. The first-order chi connectivity index (χ1) is 37.4. The third-order valence-electron chi connectivity index (χ3n) is 14.1. The van der Waals surface area contributed by atoms with E-state index in [0.29, 0.717) is 23.9 Å². The first-order valence-electron chi connectivity index (χ1n) is 32.2. The number of quaternary nitrogens is 1. The lowest BCUT2D eigenvalue weighted by Gasteiger charge is -2.30. The molecule has 3 atom stereocenters. The van der Waals surface area contributed by atoms with Gasteiger partial charge in [-0.1, -0.05) is 248 Å². The number of allylic oxidation sites excluding steroid dienone is 11. The first kappa shape index (κ1) is 74.5. The molecule has 0 bridgehead atoms. The van der Waals surface area contributed by atoms with Crippen LogP contribution in [0.1, 0.15) is 290 Å². The van der Waals surface area contributed by atoms with Crippen LogP contribution in [0.15, 0.2) is 72.9 Å². The number of nitrogens with zero attached hydrogens (tertiary/aromatic N) is 1. The minimum absolute atomic E-state index is 0.0289. The minimum atomic E-state index is -4.71. The second-order valence-electron chi connectivity index (χ2n) is 22.9. The van der Waals surface area contributed by atoms with Gasteiger partial charge in [-0.05, 0) is 102 Å². The number of hydrogen-bond acceptors (Lipinski definition) is 7. The lowest BCUT2D eigenvalue weighted by Crippen LogP contribution is -2.47. The van der Waals surface area contributed by atoms with Gasteiger partial charge >= 0.3 is 5.97 Å². The Kier molecular flexibility index (Phi) is 54.8. The van der Waals surface area contributed by atoms with Gasteiger partial charge < -0.3 is 28.5 Å². The SMILES string of the molecule is CCCCC/C=C\C/C=C\C/C=C\C/C=C\CCCCCCCC(=O)NC(COP(=O)([O-])OCC[N+](C)(C)C)C(/C=C\CCCCCCCCCCCCC)OC(=O)CCCCCCCCC/C=C/CCCCCCCC. The molecule has 9 nitrogen and oxygen atoms in total. The first-order valence-corrected chi connectivity index (χ1v) is 33.7. The van der Waals surface area contributed by atoms with Crippen molar-refractivity contribution < 1.29 is 37.3 Å². The lowest BCUT2D eigenvalue weighted by molar-refractivity contribution is -0.870. The standard InChI is InChI=1S/C67H123N2O7P/c1-7-10-13-16-19-22-25-28-30-32-33-34-35-37-38-41-44-47-50-53-56-59-66(70)68-64(63-75-77(72,73)74-62-61-69(4,5)6)65(58-55-52-49-46-43-40-27-24-21-18-15-12-9-3)76-67(71)60-57-54-51-48-45-42-39-36-31-29-26-23-20-17-14-11-8-2/h19,22,28-31,33-34,37-38,55,58,64-65H,7-18,20-21,23-27,32,35-36,39-54,56-57,59-63H2,1-6H3,(H-,68,70,72,73)/b22-19-,30-28-,31-29+,34-33-,38-37-,58-55-. The number of carbonyl (C=O) groups excluding carboxylic acids is 2. The van der Waals surface area contributed by atoms with Crippen molar-refractivity contribution in [2.24, 2.45) is 0 Å². The van der Waals surface area contributed by atoms with Crippen LogP contribution in [0.3, 0.4) is 0 Å². The maximum Gasteiger partial charge on any atom is 0.306 e. The Bertz CT molecular complexity index is 1550. The maximum absolute atomic E-state index is 13.6. The van der Waals surface area contributed by atoms with E-state index in [1.165, 1.54) is 148 Å². The van der Waals surface area contributed by atoms with Gasteiger partial charge in [0, 0.05) is 12.8 Å². The summed E-state index contributed by atoms with van der Waals surface area (Å²) in [5.74, 6) is -0.563. The van der Waals surface area contributed by atoms with E-state index in [9.17, 15) is 19.0 Å². The second kappa shape index (κ2) is 56.7. The molecule has 10 heteroatoms. The molecule has 0 aromatic carbocycles. The number of hydrogen-bond donors (Lipinski definition) is 1. The Labute approximate surface area is 476 Å². The van der Waals surface area contributed by atoms with E-state index in [4.69, 9.17) is 13.8 Å². The molecule has 77 heavy (non-hydrogen) atoms. The van der Waals surface area contributed by atoms with E-state index in [2.05, 4.69) is 86.8 Å². The van der Waals surface area contributed by atoms with Gasteiger partial charge in [0.1, 0.15) is 19.3 Å². The Balaban J connectivity index is 5.30. The van der Waals surface area contributed by atoms with Crippen molar-refractivity contribution in [2.75, 3.05) is 40.9 Å². The third-order valence-corrected chi connectivity index (χ3v) is 15.1. The summed E-state index contributed by atoms with van der Waals surface area (Å²) in [5, 5.41) is 3.02. The van der Waals surface area contributed by atoms with Crippen LogP contribution < -0.4 is 10.2 Å². The van der Waals surface area contributed by atoms with Crippen molar-refractivity contribution in [3.63, 3.8) is 0 Å². The zero-order chi connectivity index (χ0) is 56.4. The molecule has 0 rings (SSSR count). The highest BCUT2D eigenvalue weighted by molar-refractivity contribution is 7.45. The maximum atomic E-state index is 13.6. The molecule has 0 heterocycles. The average molecular weight is 1100 g/mol. The highest BCUT2D eigenvalue weighted by Crippen LogP contribution is 2.38. The fourth-order valence-electron chi connectivity index (χ4n) is 9.09.